The number of hydrogen-bond acceptors (Lipinski definition) is 5. The summed E-state index contributed by atoms with van der Waals surface area (Å²) in [4.78, 5) is 31.6. The molecule has 0 N–H and O–H groups in total. The summed E-state index contributed by atoms with van der Waals surface area (Å²) in [6, 6.07) is 8.10. The van der Waals surface area contributed by atoms with Crippen molar-refractivity contribution in [2.75, 3.05) is 39.8 Å². The van der Waals surface area contributed by atoms with Crippen LogP contribution in [-0.4, -0.2) is 70.6 Å². The van der Waals surface area contributed by atoms with E-state index in [1.165, 1.54) is 17.3 Å². The Morgan fingerprint density at radius 1 is 1.10 bits per heavy atom. The molecule has 0 atom stereocenters. The first-order valence-electron chi connectivity index (χ1n) is 10.2. The third-order valence-corrected chi connectivity index (χ3v) is 6.75. The third-order valence-electron chi connectivity index (χ3n) is 5.38. The predicted molar refractivity (Wildman–Crippen MR) is 124 cm³/mol. The quantitative estimate of drug-likeness (QED) is 0.375. The zero-order valence-corrected chi connectivity index (χ0v) is 18.9. The minimum atomic E-state index is -0.00547. The molecule has 3 rings (SSSR count). The van der Waals surface area contributed by atoms with E-state index in [9.17, 15) is 9.59 Å². The van der Waals surface area contributed by atoms with Crippen molar-refractivity contribution in [3.63, 3.8) is 0 Å². The molecule has 156 valence electrons. The maximum absolute atomic E-state index is 12.7. The number of piperazine rings is 1. The van der Waals surface area contributed by atoms with Crippen molar-refractivity contribution < 1.29 is 9.59 Å². The van der Waals surface area contributed by atoms with E-state index >= 15 is 0 Å². The lowest BCUT2D eigenvalue weighted by Crippen LogP contribution is -2.47. The topological polar surface area (TPSA) is 43.9 Å². The van der Waals surface area contributed by atoms with Crippen molar-refractivity contribution in [1.29, 1.82) is 0 Å². The van der Waals surface area contributed by atoms with E-state index in [1.54, 1.807) is 4.90 Å². The van der Waals surface area contributed by atoms with Crippen molar-refractivity contribution in [1.82, 2.24) is 14.7 Å². The molecule has 0 spiro atoms. The Kier molecular flexibility index (Phi) is 7.86. The van der Waals surface area contributed by atoms with Crippen LogP contribution in [0.1, 0.15) is 36.8 Å². The van der Waals surface area contributed by atoms with Gasteiger partial charge in [-0.3, -0.25) is 14.5 Å². The molecule has 2 amide bonds. The van der Waals surface area contributed by atoms with E-state index in [-0.39, 0.29) is 11.8 Å². The van der Waals surface area contributed by atoms with E-state index in [0.29, 0.717) is 22.2 Å². The lowest BCUT2D eigenvalue weighted by Gasteiger charge is -2.32. The molecule has 2 heterocycles. The first-order valence-corrected chi connectivity index (χ1v) is 11.4. The summed E-state index contributed by atoms with van der Waals surface area (Å²) in [5.41, 5.74) is 2.21. The zero-order valence-electron chi connectivity index (χ0n) is 17.2. The summed E-state index contributed by atoms with van der Waals surface area (Å²) in [6.45, 7) is 6.24. The highest BCUT2D eigenvalue weighted by Crippen LogP contribution is 2.32. The average molecular weight is 432 g/mol. The van der Waals surface area contributed by atoms with Gasteiger partial charge in [0, 0.05) is 39.1 Å². The largest absolute Gasteiger partial charge is 0.340 e. The number of hydrogen-bond donors (Lipinski definition) is 0. The van der Waals surface area contributed by atoms with Crippen LogP contribution in [0.4, 0.5) is 0 Å². The minimum Gasteiger partial charge on any atom is -0.340 e. The number of carbonyl (C=O) groups is 2. The molecule has 0 unspecified atom stereocenters. The smallest absolute Gasteiger partial charge is 0.266 e. The molecular weight excluding hydrogens is 402 g/mol. The molecule has 0 bridgehead atoms. The van der Waals surface area contributed by atoms with E-state index in [0.717, 1.165) is 51.0 Å². The highest BCUT2D eigenvalue weighted by Gasteiger charge is 2.31. The Morgan fingerprint density at radius 3 is 2.48 bits per heavy atom. The van der Waals surface area contributed by atoms with Crippen molar-refractivity contribution in [3.8, 4) is 0 Å². The average Bonchev–Trinajstić information content (AvgIpc) is 2.97. The fraction of sp³-hybridized carbons (Fsp3) is 0.500. The maximum Gasteiger partial charge on any atom is 0.266 e. The van der Waals surface area contributed by atoms with Crippen LogP contribution in [0.25, 0.3) is 6.08 Å². The van der Waals surface area contributed by atoms with E-state index in [2.05, 4.69) is 11.9 Å². The van der Waals surface area contributed by atoms with E-state index in [1.807, 2.05) is 42.2 Å². The number of thioether (sulfide) groups is 1. The molecule has 1 aromatic rings. The Bertz CT molecular complexity index is 784. The van der Waals surface area contributed by atoms with Crippen LogP contribution in [0, 0.1) is 6.92 Å². The van der Waals surface area contributed by atoms with Gasteiger partial charge in [0.1, 0.15) is 4.32 Å². The summed E-state index contributed by atoms with van der Waals surface area (Å²) < 4.78 is 0.627. The SMILES string of the molecule is Cc1ccc(/C=C2\SC(=S)N(CCCCCC(=O)N3CCN(C)CC3)C2=O)cc1. The number of thiocarbonyl (C=S) groups is 1. The van der Waals surface area contributed by atoms with Gasteiger partial charge in [0.15, 0.2) is 0 Å². The Morgan fingerprint density at radius 2 is 1.79 bits per heavy atom. The lowest BCUT2D eigenvalue weighted by molar-refractivity contribution is -0.133. The van der Waals surface area contributed by atoms with Gasteiger partial charge < -0.3 is 9.80 Å². The van der Waals surface area contributed by atoms with Gasteiger partial charge in [0.05, 0.1) is 4.91 Å². The first-order chi connectivity index (χ1) is 13.9. The van der Waals surface area contributed by atoms with Crippen molar-refractivity contribution in [2.45, 2.75) is 32.6 Å². The number of likely N-dealkylation sites (N-methyl/N-ethyl adjacent to an activating group) is 1. The molecule has 0 radical (unpaired) electrons. The lowest BCUT2D eigenvalue weighted by atomic mass is 10.1. The third kappa shape index (κ3) is 6.14. The van der Waals surface area contributed by atoms with Crippen LogP contribution in [0.15, 0.2) is 29.2 Å². The molecule has 0 aliphatic carbocycles. The second-order valence-corrected chi connectivity index (χ2v) is 9.41. The van der Waals surface area contributed by atoms with Gasteiger partial charge in [-0.1, -0.05) is 60.2 Å². The molecule has 2 fully saturated rings. The van der Waals surface area contributed by atoms with Gasteiger partial charge in [-0.15, -0.1) is 0 Å². The molecular formula is C22H29N3O2S2. The van der Waals surface area contributed by atoms with Crippen molar-refractivity contribution >= 4 is 46.2 Å². The van der Waals surface area contributed by atoms with Crippen LogP contribution in [0.5, 0.6) is 0 Å². The molecule has 7 heteroatoms. The van der Waals surface area contributed by atoms with Crippen LogP contribution < -0.4 is 0 Å². The van der Waals surface area contributed by atoms with Crippen LogP contribution in [0.2, 0.25) is 0 Å². The highest BCUT2D eigenvalue weighted by molar-refractivity contribution is 8.26. The number of carbonyl (C=O) groups excluding carboxylic acids is 2. The zero-order chi connectivity index (χ0) is 20.8. The summed E-state index contributed by atoms with van der Waals surface area (Å²) >= 11 is 6.78. The number of unbranched alkanes of at least 4 members (excludes halogenated alkanes) is 2. The van der Waals surface area contributed by atoms with Gasteiger partial charge >= 0.3 is 0 Å². The van der Waals surface area contributed by atoms with Gasteiger partial charge in [-0.05, 0) is 38.5 Å². The monoisotopic (exact) mass is 431 g/mol. The minimum absolute atomic E-state index is 0.00547. The van der Waals surface area contributed by atoms with Gasteiger partial charge in [-0.25, -0.2) is 0 Å². The fourth-order valence-corrected chi connectivity index (χ4v) is 4.75. The van der Waals surface area contributed by atoms with E-state index in [4.69, 9.17) is 12.2 Å². The molecule has 2 saturated heterocycles. The second kappa shape index (κ2) is 10.4. The van der Waals surface area contributed by atoms with Gasteiger partial charge in [0.25, 0.3) is 5.91 Å². The summed E-state index contributed by atoms with van der Waals surface area (Å²) in [7, 11) is 2.09. The number of rotatable bonds is 7. The van der Waals surface area contributed by atoms with E-state index < -0.39 is 0 Å². The standard InChI is InChI=1S/C22H29N3O2S2/c1-17-7-9-18(10-8-17)16-19-21(27)25(22(28)29-19)11-5-3-4-6-20(26)24-14-12-23(2)13-15-24/h7-10,16H,3-6,11-15H2,1-2H3/b19-16-. The summed E-state index contributed by atoms with van der Waals surface area (Å²) in [5, 5.41) is 0. The van der Waals surface area contributed by atoms with Crippen LogP contribution in [-0.2, 0) is 9.59 Å². The normalized spacial score (nSPS) is 19.4. The second-order valence-electron chi connectivity index (χ2n) is 7.74. The number of benzene rings is 1. The summed E-state index contributed by atoms with van der Waals surface area (Å²) in [6.07, 6.45) is 5.15. The molecule has 2 aliphatic heterocycles. The number of nitrogens with zero attached hydrogens (tertiary/aromatic N) is 3. The molecule has 29 heavy (non-hydrogen) atoms. The summed E-state index contributed by atoms with van der Waals surface area (Å²) in [5.74, 6) is 0.249. The molecule has 0 aromatic heterocycles. The highest BCUT2D eigenvalue weighted by atomic mass is 32.2. The molecule has 0 saturated carbocycles. The van der Waals surface area contributed by atoms with Crippen molar-refractivity contribution in [2.24, 2.45) is 0 Å². The predicted octanol–water partition coefficient (Wildman–Crippen LogP) is 3.53. The van der Waals surface area contributed by atoms with Gasteiger partial charge in [-0.2, -0.15) is 0 Å². The maximum atomic E-state index is 12.7. The van der Waals surface area contributed by atoms with Crippen LogP contribution in [0.3, 0.4) is 0 Å². The number of amides is 2. The van der Waals surface area contributed by atoms with Crippen LogP contribution >= 0.6 is 24.0 Å². The Hall–Kier alpha value is -1.70. The van der Waals surface area contributed by atoms with Crippen molar-refractivity contribution in [3.05, 3.63) is 40.3 Å². The Balaban J connectivity index is 1.40. The fourth-order valence-electron chi connectivity index (χ4n) is 3.44. The molecule has 5 nitrogen and oxygen atoms in total. The Labute approximate surface area is 183 Å². The number of aryl methyl sites for hydroxylation is 1. The molecule has 2 aliphatic rings. The van der Waals surface area contributed by atoms with Gasteiger partial charge in [0.2, 0.25) is 5.91 Å². The first kappa shape index (κ1) is 22.0. The molecule has 1 aromatic carbocycles.